The van der Waals surface area contributed by atoms with E-state index in [1.807, 2.05) is 18.2 Å². The molecule has 0 aliphatic rings. The van der Waals surface area contributed by atoms with E-state index in [1.165, 1.54) is 0 Å². The zero-order valence-corrected chi connectivity index (χ0v) is 11.3. The molecule has 0 amide bonds. The van der Waals surface area contributed by atoms with Crippen LogP contribution < -0.4 is 4.74 Å². The van der Waals surface area contributed by atoms with E-state index in [4.69, 9.17) is 10.00 Å². The molecular weight excluding hydrogens is 222 g/mol. The van der Waals surface area contributed by atoms with Gasteiger partial charge in [0.25, 0.3) is 0 Å². The molecular formula is C16H21NO. The molecule has 96 valence electrons. The van der Waals surface area contributed by atoms with Gasteiger partial charge >= 0.3 is 0 Å². The van der Waals surface area contributed by atoms with Crippen molar-refractivity contribution in [2.75, 3.05) is 0 Å². The predicted octanol–water partition coefficient (Wildman–Crippen LogP) is 4.46. The summed E-state index contributed by atoms with van der Waals surface area (Å²) >= 11 is 0. The lowest BCUT2D eigenvalue weighted by Crippen LogP contribution is -2.33. The minimum absolute atomic E-state index is 0.280. The summed E-state index contributed by atoms with van der Waals surface area (Å²) in [6.07, 6.45) is 5.96. The molecule has 1 rings (SSSR count). The first kappa shape index (κ1) is 14.3. The van der Waals surface area contributed by atoms with Gasteiger partial charge in [0, 0.05) is 0 Å². The van der Waals surface area contributed by atoms with Crippen LogP contribution in [0.3, 0.4) is 0 Å². The molecule has 18 heavy (non-hydrogen) atoms. The first-order valence-electron chi connectivity index (χ1n) is 6.52. The van der Waals surface area contributed by atoms with Crippen LogP contribution in [0.5, 0.6) is 5.75 Å². The number of rotatable bonds is 7. The fourth-order valence-corrected chi connectivity index (χ4v) is 2.15. The largest absolute Gasteiger partial charge is 0.483 e. The molecule has 0 bridgehead atoms. The van der Waals surface area contributed by atoms with Crippen LogP contribution in [0.2, 0.25) is 0 Å². The summed E-state index contributed by atoms with van der Waals surface area (Å²) < 4.78 is 6.10. The van der Waals surface area contributed by atoms with E-state index >= 15 is 0 Å². The van der Waals surface area contributed by atoms with E-state index in [-0.39, 0.29) is 5.60 Å². The smallest absolute Gasteiger partial charge is 0.127 e. The lowest BCUT2D eigenvalue weighted by molar-refractivity contribution is 0.0985. The fraction of sp³-hybridized carbons (Fsp3) is 0.438. The first-order chi connectivity index (χ1) is 8.69. The molecule has 0 atom stereocenters. The zero-order chi connectivity index (χ0) is 13.4. The summed E-state index contributed by atoms with van der Waals surface area (Å²) in [5.41, 5.74) is 0.370. The Bertz CT molecular complexity index is 408. The highest BCUT2D eigenvalue weighted by atomic mass is 16.5. The van der Waals surface area contributed by atoms with Gasteiger partial charge in [0.05, 0.1) is 11.6 Å². The third kappa shape index (κ3) is 3.63. The Labute approximate surface area is 110 Å². The standard InChI is InChI=1S/C16H21NO/c1-4-11-16(6-3,12-5-2)18-15-9-7-14(13-17)8-10-15/h6-10H,3-5,11-12H2,1-2H3. The van der Waals surface area contributed by atoms with Crippen molar-refractivity contribution >= 4 is 0 Å². The predicted molar refractivity (Wildman–Crippen MR) is 74.5 cm³/mol. The van der Waals surface area contributed by atoms with Crippen LogP contribution >= 0.6 is 0 Å². The van der Waals surface area contributed by atoms with Gasteiger partial charge < -0.3 is 4.74 Å². The second kappa shape index (κ2) is 6.86. The van der Waals surface area contributed by atoms with Crippen molar-refractivity contribution in [2.24, 2.45) is 0 Å². The number of benzene rings is 1. The van der Waals surface area contributed by atoms with Gasteiger partial charge in [-0.25, -0.2) is 0 Å². The fourth-order valence-electron chi connectivity index (χ4n) is 2.15. The van der Waals surface area contributed by atoms with Gasteiger partial charge in [-0.05, 0) is 43.2 Å². The van der Waals surface area contributed by atoms with Crippen molar-refractivity contribution < 1.29 is 4.74 Å². The normalized spacial score (nSPS) is 10.7. The van der Waals surface area contributed by atoms with E-state index in [0.29, 0.717) is 5.56 Å². The first-order valence-corrected chi connectivity index (χ1v) is 6.52. The molecule has 0 spiro atoms. The average molecular weight is 243 g/mol. The van der Waals surface area contributed by atoms with E-state index in [1.54, 1.807) is 12.1 Å². The molecule has 2 heteroatoms. The molecule has 0 aromatic heterocycles. The lowest BCUT2D eigenvalue weighted by Gasteiger charge is -2.31. The second-order valence-corrected chi connectivity index (χ2v) is 4.51. The van der Waals surface area contributed by atoms with Crippen LogP contribution in [0.4, 0.5) is 0 Å². The van der Waals surface area contributed by atoms with Gasteiger partial charge in [-0.2, -0.15) is 5.26 Å². The lowest BCUT2D eigenvalue weighted by atomic mass is 9.92. The van der Waals surface area contributed by atoms with Gasteiger partial charge in [0.2, 0.25) is 0 Å². The summed E-state index contributed by atoms with van der Waals surface area (Å²) in [6.45, 7) is 8.22. The monoisotopic (exact) mass is 243 g/mol. The maximum Gasteiger partial charge on any atom is 0.127 e. The molecule has 1 aromatic carbocycles. The Kier molecular flexibility index (Phi) is 5.45. The summed E-state index contributed by atoms with van der Waals surface area (Å²) in [7, 11) is 0. The molecule has 0 aliphatic heterocycles. The number of nitrogens with zero attached hydrogens (tertiary/aromatic N) is 1. The molecule has 2 nitrogen and oxygen atoms in total. The molecule has 0 saturated heterocycles. The highest BCUT2D eigenvalue weighted by Gasteiger charge is 2.26. The van der Waals surface area contributed by atoms with Gasteiger partial charge in [-0.15, -0.1) is 0 Å². The van der Waals surface area contributed by atoms with Crippen LogP contribution in [0, 0.1) is 11.3 Å². The molecule has 0 radical (unpaired) electrons. The van der Waals surface area contributed by atoms with Crippen molar-refractivity contribution in [3.63, 3.8) is 0 Å². The summed E-state index contributed by atoms with van der Waals surface area (Å²) in [4.78, 5) is 0. The minimum atomic E-state index is -0.280. The molecule has 0 N–H and O–H groups in total. The van der Waals surface area contributed by atoms with Crippen LogP contribution in [-0.2, 0) is 0 Å². The Morgan fingerprint density at radius 1 is 1.22 bits per heavy atom. The van der Waals surface area contributed by atoms with Crippen molar-refractivity contribution in [3.05, 3.63) is 42.5 Å². The number of nitriles is 1. The highest BCUT2D eigenvalue weighted by molar-refractivity contribution is 5.35. The Morgan fingerprint density at radius 3 is 2.17 bits per heavy atom. The van der Waals surface area contributed by atoms with Gasteiger partial charge in [-0.3, -0.25) is 0 Å². The third-order valence-corrected chi connectivity index (χ3v) is 3.02. The molecule has 1 aromatic rings. The number of hydrogen-bond donors (Lipinski definition) is 0. The second-order valence-electron chi connectivity index (χ2n) is 4.51. The van der Waals surface area contributed by atoms with Crippen molar-refractivity contribution in [1.29, 1.82) is 5.26 Å². The topological polar surface area (TPSA) is 33.0 Å². The van der Waals surface area contributed by atoms with Crippen molar-refractivity contribution in [2.45, 2.75) is 45.1 Å². The number of hydrogen-bond acceptors (Lipinski definition) is 2. The molecule has 0 aliphatic carbocycles. The molecule has 0 saturated carbocycles. The van der Waals surface area contributed by atoms with E-state index in [9.17, 15) is 0 Å². The van der Waals surface area contributed by atoms with Crippen molar-refractivity contribution in [3.8, 4) is 11.8 Å². The van der Waals surface area contributed by atoms with Crippen LogP contribution in [0.25, 0.3) is 0 Å². The SMILES string of the molecule is C=CC(CCC)(CCC)Oc1ccc(C#N)cc1. The van der Waals surface area contributed by atoms with Crippen LogP contribution in [0.15, 0.2) is 36.9 Å². The Balaban J connectivity index is 2.87. The molecule has 0 fully saturated rings. The van der Waals surface area contributed by atoms with Gasteiger partial charge in [-0.1, -0.05) is 33.3 Å². The molecule has 0 unspecified atom stereocenters. The van der Waals surface area contributed by atoms with E-state index in [0.717, 1.165) is 31.4 Å². The number of ether oxygens (including phenoxy) is 1. The Hall–Kier alpha value is -1.75. The quantitative estimate of drug-likeness (QED) is 0.662. The third-order valence-electron chi connectivity index (χ3n) is 3.02. The van der Waals surface area contributed by atoms with Crippen molar-refractivity contribution in [1.82, 2.24) is 0 Å². The summed E-state index contributed by atoms with van der Waals surface area (Å²) in [5.74, 6) is 0.802. The maximum atomic E-state index is 8.77. The summed E-state index contributed by atoms with van der Waals surface area (Å²) in [6, 6.07) is 9.36. The van der Waals surface area contributed by atoms with Crippen LogP contribution in [0.1, 0.15) is 45.1 Å². The minimum Gasteiger partial charge on any atom is -0.483 e. The Morgan fingerprint density at radius 2 is 1.78 bits per heavy atom. The van der Waals surface area contributed by atoms with Gasteiger partial charge in [0.1, 0.15) is 11.4 Å². The van der Waals surface area contributed by atoms with E-state index in [2.05, 4.69) is 26.5 Å². The zero-order valence-electron chi connectivity index (χ0n) is 11.3. The maximum absolute atomic E-state index is 8.77. The average Bonchev–Trinajstić information content (AvgIpc) is 2.40. The van der Waals surface area contributed by atoms with Gasteiger partial charge in [0.15, 0.2) is 0 Å². The summed E-state index contributed by atoms with van der Waals surface area (Å²) in [5, 5.41) is 8.77. The highest BCUT2D eigenvalue weighted by Crippen LogP contribution is 2.28. The van der Waals surface area contributed by atoms with E-state index < -0.39 is 0 Å². The molecule has 0 heterocycles. The van der Waals surface area contributed by atoms with Crippen LogP contribution in [-0.4, -0.2) is 5.60 Å².